The molecule has 6 nitrogen and oxygen atoms in total. The van der Waals surface area contributed by atoms with E-state index < -0.39 is 0 Å². The average Bonchev–Trinajstić information content (AvgIpc) is 2.44. The minimum absolute atomic E-state index is 0.159. The molecule has 0 unspecified atom stereocenters. The van der Waals surface area contributed by atoms with Gasteiger partial charge in [0.2, 0.25) is 11.8 Å². The molecule has 0 spiro atoms. The lowest BCUT2D eigenvalue weighted by Gasteiger charge is -2.06. The molecule has 0 aliphatic carbocycles. The molecule has 2 heterocycles. The Morgan fingerprint density at radius 3 is 2.70 bits per heavy atom. The summed E-state index contributed by atoms with van der Waals surface area (Å²) in [6, 6.07) is 6.90. The normalized spacial score (nSPS) is 10.1. The lowest BCUT2D eigenvalue weighted by molar-refractivity contribution is -0.115. The molecule has 0 aliphatic rings. The number of nitrogens with two attached hydrogens (primary N) is 1. The summed E-state index contributed by atoms with van der Waals surface area (Å²) in [4.78, 5) is 20.0. The van der Waals surface area contributed by atoms with Crippen molar-refractivity contribution in [2.75, 3.05) is 17.7 Å². The molecule has 2 aromatic rings. The number of nitrogen functional groups attached to an aromatic ring is 1. The summed E-state index contributed by atoms with van der Waals surface area (Å²) >= 11 is 0. The van der Waals surface area contributed by atoms with Gasteiger partial charge in [0.25, 0.3) is 0 Å². The monoisotopic (exact) mass is 272 g/mol. The largest absolute Gasteiger partial charge is 0.478 e. The van der Waals surface area contributed by atoms with Crippen molar-refractivity contribution in [3.63, 3.8) is 0 Å². The van der Waals surface area contributed by atoms with Gasteiger partial charge in [0.1, 0.15) is 0 Å². The van der Waals surface area contributed by atoms with Gasteiger partial charge in [0.15, 0.2) is 0 Å². The summed E-state index contributed by atoms with van der Waals surface area (Å²) < 4.78 is 5.23. The lowest BCUT2D eigenvalue weighted by Crippen LogP contribution is -2.15. The first-order valence-corrected chi connectivity index (χ1v) is 6.26. The number of rotatable bonds is 5. The smallest absolute Gasteiger partial charge is 0.230 e. The molecule has 0 radical (unpaired) electrons. The number of nitrogens with one attached hydrogen (secondary N) is 1. The van der Waals surface area contributed by atoms with E-state index in [1.165, 1.54) is 6.20 Å². The van der Waals surface area contributed by atoms with Crippen molar-refractivity contribution in [2.24, 2.45) is 0 Å². The zero-order valence-corrected chi connectivity index (χ0v) is 11.2. The Kier molecular flexibility index (Phi) is 4.49. The van der Waals surface area contributed by atoms with E-state index in [9.17, 15) is 4.79 Å². The Bertz CT molecular complexity index is 567. The Balaban J connectivity index is 1.92. The second kappa shape index (κ2) is 6.51. The highest BCUT2D eigenvalue weighted by Crippen LogP contribution is 2.12. The van der Waals surface area contributed by atoms with Crippen LogP contribution in [0.5, 0.6) is 5.88 Å². The number of hydrogen-bond acceptors (Lipinski definition) is 5. The first-order chi connectivity index (χ1) is 9.67. The average molecular weight is 272 g/mol. The van der Waals surface area contributed by atoms with Crippen LogP contribution >= 0.6 is 0 Å². The first-order valence-electron chi connectivity index (χ1n) is 6.26. The topological polar surface area (TPSA) is 90.1 Å². The quantitative estimate of drug-likeness (QED) is 0.863. The fraction of sp³-hybridized carbons (Fsp3) is 0.214. The molecule has 0 bridgehead atoms. The van der Waals surface area contributed by atoms with Crippen LogP contribution in [0.25, 0.3) is 0 Å². The molecular formula is C14H16N4O2. The maximum Gasteiger partial charge on any atom is 0.230 e. The molecule has 0 aliphatic heterocycles. The third-order valence-electron chi connectivity index (χ3n) is 2.50. The van der Waals surface area contributed by atoms with Crippen LogP contribution in [0.2, 0.25) is 0 Å². The number of anilines is 2. The summed E-state index contributed by atoms with van der Waals surface area (Å²) in [6.07, 6.45) is 3.27. The highest BCUT2D eigenvalue weighted by atomic mass is 16.5. The Morgan fingerprint density at radius 2 is 2.10 bits per heavy atom. The van der Waals surface area contributed by atoms with E-state index in [4.69, 9.17) is 10.5 Å². The number of pyridine rings is 2. The van der Waals surface area contributed by atoms with Crippen LogP contribution in [0.4, 0.5) is 11.4 Å². The van der Waals surface area contributed by atoms with E-state index in [0.717, 1.165) is 0 Å². The molecule has 6 heteroatoms. The minimum atomic E-state index is -0.159. The van der Waals surface area contributed by atoms with Crippen molar-refractivity contribution >= 4 is 17.3 Å². The maximum atomic E-state index is 11.8. The second-order valence-corrected chi connectivity index (χ2v) is 4.13. The van der Waals surface area contributed by atoms with Gasteiger partial charge >= 0.3 is 0 Å². The van der Waals surface area contributed by atoms with Crippen LogP contribution in [0.15, 0.2) is 36.7 Å². The van der Waals surface area contributed by atoms with Crippen LogP contribution in [0.3, 0.4) is 0 Å². The Labute approximate surface area is 117 Å². The number of carbonyl (C=O) groups is 1. The zero-order valence-electron chi connectivity index (χ0n) is 11.2. The molecule has 1 amide bonds. The van der Waals surface area contributed by atoms with Gasteiger partial charge in [-0.25, -0.2) is 4.98 Å². The van der Waals surface area contributed by atoms with E-state index in [2.05, 4.69) is 15.3 Å². The van der Waals surface area contributed by atoms with Crippen molar-refractivity contribution in [3.8, 4) is 5.88 Å². The van der Waals surface area contributed by atoms with Gasteiger partial charge in [-0.3, -0.25) is 9.78 Å². The van der Waals surface area contributed by atoms with Crippen molar-refractivity contribution in [1.29, 1.82) is 0 Å². The van der Waals surface area contributed by atoms with Gasteiger partial charge in [-0.15, -0.1) is 0 Å². The number of carbonyl (C=O) groups excluding carboxylic acids is 1. The van der Waals surface area contributed by atoms with Gasteiger partial charge in [0.05, 0.1) is 36.8 Å². The summed E-state index contributed by atoms with van der Waals surface area (Å²) in [7, 11) is 0. The summed E-state index contributed by atoms with van der Waals surface area (Å²) in [5.41, 5.74) is 7.39. The fourth-order valence-electron chi connectivity index (χ4n) is 1.60. The van der Waals surface area contributed by atoms with Crippen molar-refractivity contribution in [2.45, 2.75) is 13.3 Å². The lowest BCUT2D eigenvalue weighted by atomic mass is 10.2. The second-order valence-electron chi connectivity index (χ2n) is 4.13. The number of aromatic nitrogens is 2. The fourth-order valence-corrected chi connectivity index (χ4v) is 1.60. The third kappa shape index (κ3) is 3.94. The number of ether oxygens (including phenoxy) is 1. The maximum absolute atomic E-state index is 11.8. The molecule has 20 heavy (non-hydrogen) atoms. The highest BCUT2D eigenvalue weighted by Gasteiger charge is 2.05. The molecule has 104 valence electrons. The molecule has 0 saturated carbocycles. The van der Waals surface area contributed by atoms with Crippen LogP contribution in [0, 0.1) is 0 Å². The molecule has 0 atom stereocenters. The number of amides is 1. The number of nitrogens with zero attached hydrogens (tertiary/aromatic N) is 2. The predicted molar refractivity (Wildman–Crippen MR) is 76.4 cm³/mol. The summed E-state index contributed by atoms with van der Waals surface area (Å²) in [5, 5.41) is 2.75. The molecule has 2 aromatic heterocycles. The van der Waals surface area contributed by atoms with Crippen molar-refractivity contribution in [1.82, 2.24) is 9.97 Å². The Morgan fingerprint density at radius 1 is 1.25 bits per heavy atom. The van der Waals surface area contributed by atoms with E-state index in [0.29, 0.717) is 29.6 Å². The zero-order chi connectivity index (χ0) is 14.4. The molecular weight excluding hydrogens is 256 g/mol. The van der Waals surface area contributed by atoms with Crippen molar-refractivity contribution in [3.05, 3.63) is 42.4 Å². The summed E-state index contributed by atoms with van der Waals surface area (Å²) in [5.74, 6) is 0.374. The van der Waals surface area contributed by atoms with Gasteiger partial charge < -0.3 is 15.8 Å². The molecule has 0 aromatic carbocycles. The van der Waals surface area contributed by atoms with Crippen LogP contribution < -0.4 is 15.8 Å². The minimum Gasteiger partial charge on any atom is -0.478 e. The van der Waals surface area contributed by atoms with Crippen LogP contribution in [0.1, 0.15) is 12.6 Å². The standard InChI is InChI=1S/C14H16N4O2/c1-2-20-14-6-5-12(9-17-14)18-13(19)7-11-4-3-10(15)8-16-11/h3-6,8-9H,2,7,15H2,1H3,(H,18,19). The molecule has 0 fully saturated rings. The first kappa shape index (κ1) is 13.8. The van der Waals surface area contributed by atoms with E-state index in [1.807, 2.05) is 6.92 Å². The van der Waals surface area contributed by atoms with Crippen LogP contribution in [-0.2, 0) is 11.2 Å². The van der Waals surface area contributed by atoms with Gasteiger partial charge in [-0.2, -0.15) is 0 Å². The van der Waals surface area contributed by atoms with Gasteiger partial charge in [-0.05, 0) is 25.1 Å². The number of hydrogen-bond donors (Lipinski definition) is 2. The van der Waals surface area contributed by atoms with Crippen molar-refractivity contribution < 1.29 is 9.53 Å². The molecule has 2 rings (SSSR count). The van der Waals surface area contributed by atoms with E-state index in [1.54, 1.807) is 30.5 Å². The highest BCUT2D eigenvalue weighted by molar-refractivity contribution is 5.91. The van der Waals surface area contributed by atoms with Gasteiger partial charge in [-0.1, -0.05) is 0 Å². The molecule has 0 saturated heterocycles. The van der Waals surface area contributed by atoms with Gasteiger partial charge in [0, 0.05) is 11.8 Å². The summed E-state index contributed by atoms with van der Waals surface area (Å²) in [6.45, 7) is 2.44. The SMILES string of the molecule is CCOc1ccc(NC(=O)Cc2ccc(N)cn2)cn1. The third-order valence-corrected chi connectivity index (χ3v) is 2.50. The van der Waals surface area contributed by atoms with Crippen LogP contribution in [-0.4, -0.2) is 22.5 Å². The van der Waals surface area contributed by atoms with E-state index >= 15 is 0 Å². The van der Waals surface area contributed by atoms with E-state index in [-0.39, 0.29) is 12.3 Å². The molecule has 3 N–H and O–H groups in total. The Hall–Kier alpha value is -2.63. The predicted octanol–water partition coefficient (Wildman–Crippen LogP) is 1.64.